The van der Waals surface area contributed by atoms with Gasteiger partial charge < -0.3 is 74.7 Å². The highest BCUT2D eigenvalue weighted by atomic mass is 16.7. The van der Waals surface area contributed by atoms with E-state index in [9.17, 15) is 55.5 Å². The second-order valence-electron chi connectivity index (χ2n) is 9.11. The normalized spacial score (nSPS) is 35.9. The van der Waals surface area contributed by atoms with Crippen LogP contribution in [-0.2, 0) is 35.1 Å². The molecule has 0 saturated carbocycles. The molecule has 2 saturated heterocycles. The van der Waals surface area contributed by atoms with Gasteiger partial charge in [-0.3, -0.25) is 0 Å². The Morgan fingerprint density at radius 1 is 0.775 bits per heavy atom. The first-order chi connectivity index (χ1) is 18.9. The summed E-state index contributed by atoms with van der Waals surface area (Å²) in [5.41, 5.74) is 0.442. The van der Waals surface area contributed by atoms with E-state index in [1.165, 1.54) is 24.3 Å². The third kappa shape index (κ3) is 7.21. The Balaban J connectivity index is 1.65. The summed E-state index contributed by atoms with van der Waals surface area (Å²) < 4.78 is 26.6. The van der Waals surface area contributed by atoms with Gasteiger partial charge in [-0.2, -0.15) is 0 Å². The fourth-order valence-corrected chi connectivity index (χ4v) is 3.93. The van der Waals surface area contributed by atoms with Gasteiger partial charge in [-0.15, -0.1) is 0 Å². The number of aliphatic carboxylic acids is 1. The molecule has 0 bridgehead atoms. The van der Waals surface area contributed by atoms with E-state index in [1.54, 1.807) is 0 Å². The van der Waals surface area contributed by atoms with Crippen LogP contribution in [0, 0.1) is 0 Å². The number of carboxylic acids is 1. The van der Waals surface area contributed by atoms with Gasteiger partial charge in [0.05, 0.1) is 19.8 Å². The van der Waals surface area contributed by atoms with Crippen molar-refractivity contribution in [1.82, 2.24) is 0 Å². The Kier molecular flexibility index (Phi) is 11.1. The van der Waals surface area contributed by atoms with Crippen LogP contribution in [0.4, 0.5) is 0 Å². The molecule has 0 spiro atoms. The van der Waals surface area contributed by atoms with Crippen molar-refractivity contribution in [3.8, 4) is 5.75 Å². The Labute approximate surface area is 225 Å². The molecule has 17 heteroatoms. The van der Waals surface area contributed by atoms with Gasteiger partial charge in [-0.25, -0.2) is 9.59 Å². The Hall–Kier alpha value is -2.52. The zero-order chi connectivity index (χ0) is 29.7. The minimum Gasteiger partial charge on any atom is -0.479 e. The zero-order valence-electron chi connectivity index (χ0n) is 20.7. The van der Waals surface area contributed by atoms with Crippen molar-refractivity contribution in [2.45, 2.75) is 80.2 Å². The van der Waals surface area contributed by atoms with Crippen LogP contribution >= 0.6 is 0 Å². The molecule has 1 aromatic carbocycles. The van der Waals surface area contributed by atoms with Crippen LogP contribution < -0.4 is 4.74 Å². The zero-order valence-corrected chi connectivity index (χ0v) is 20.7. The number of hydrogen-bond acceptors (Lipinski definition) is 16. The molecule has 226 valence electrons. The monoisotopic (exact) mass is 580 g/mol. The molecule has 2 aliphatic rings. The van der Waals surface area contributed by atoms with E-state index in [1.807, 2.05) is 0 Å². The first-order valence-electron chi connectivity index (χ1n) is 12.0. The van der Waals surface area contributed by atoms with Crippen LogP contribution in [-0.4, -0.2) is 150 Å². The Morgan fingerprint density at radius 3 is 1.88 bits per heavy atom. The molecule has 2 aliphatic heterocycles. The smallest absolute Gasteiger partial charge is 0.338 e. The molecule has 2 unspecified atom stereocenters. The first-order valence-corrected chi connectivity index (χ1v) is 12.0. The molecule has 2 fully saturated rings. The average molecular weight is 580 g/mol. The van der Waals surface area contributed by atoms with Gasteiger partial charge in [-0.1, -0.05) is 12.1 Å². The average Bonchev–Trinajstić information content (AvgIpc) is 2.95. The molecule has 1 aromatic rings. The molecular weight excluding hydrogens is 548 g/mol. The summed E-state index contributed by atoms with van der Waals surface area (Å²) in [6.07, 6.45) is -20.9. The van der Waals surface area contributed by atoms with E-state index >= 15 is 0 Å². The maximum atomic E-state index is 12.1. The fraction of sp³-hybridized carbons (Fsp3) is 0.652. The van der Waals surface area contributed by atoms with Gasteiger partial charge in [0.15, 0.2) is 24.6 Å². The van der Waals surface area contributed by atoms with Gasteiger partial charge in [0.1, 0.15) is 48.5 Å². The summed E-state index contributed by atoms with van der Waals surface area (Å²) in [7, 11) is 0. The molecule has 0 aromatic heterocycles. The van der Waals surface area contributed by atoms with Gasteiger partial charge in [-0.05, 0) is 17.7 Å². The van der Waals surface area contributed by atoms with E-state index < -0.39 is 98.8 Å². The number of ether oxygens (including phenoxy) is 5. The molecular formula is C23H32O17. The number of hydrogen-bond donors (Lipinski definition) is 10. The van der Waals surface area contributed by atoms with E-state index in [0.717, 1.165) is 0 Å². The highest BCUT2D eigenvalue weighted by Gasteiger charge is 2.48. The Bertz CT molecular complexity index is 973. The lowest BCUT2D eigenvalue weighted by molar-refractivity contribution is -0.308. The lowest BCUT2D eigenvalue weighted by atomic mass is 9.99. The molecule has 2 heterocycles. The van der Waals surface area contributed by atoms with Gasteiger partial charge in [0, 0.05) is 0 Å². The number of carbonyl (C=O) groups is 2. The van der Waals surface area contributed by atoms with E-state index in [4.69, 9.17) is 28.8 Å². The van der Waals surface area contributed by atoms with E-state index in [-0.39, 0.29) is 12.4 Å². The van der Waals surface area contributed by atoms with Crippen molar-refractivity contribution in [1.29, 1.82) is 0 Å². The maximum absolute atomic E-state index is 12.1. The SMILES string of the molecule is O=C(O)C(O)C(O)C(=O)O[C@H]1[C@H](OCc2ccc(O[C@@H]3O[C@H](CO)[C@@H](O)[C@H](O)[C@H]3O)cc2)O[C@H](CO)[C@@H](O)[C@@H]1O. The second-order valence-corrected chi connectivity index (χ2v) is 9.11. The van der Waals surface area contributed by atoms with Crippen molar-refractivity contribution in [3.63, 3.8) is 0 Å². The van der Waals surface area contributed by atoms with Gasteiger partial charge >= 0.3 is 11.9 Å². The third-order valence-corrected chi connectivity index (χ3v) is 6.31. The van der Waals surface area contributed by atoms with Crippen LogP contribution in [0.5, 0.6) is 5.75 Å². The molecule has 17 nitrogen and oxygen atoms in total. The van der Waals surface area contributed by atoms with Gasteiger partial charge in [0.2, 0.25) is 6.29 Å². The highest BCUT2D eigenvalue weighted by molar-refractivity contribution is 5.84. The fourth-order valence-electron chi connectivity index (χ4n) is 3.93. The quantitative estimate of drug-likeness (QED) is 0.109. The van der Waals surface area contributed by atoms with Crippen molar-refractivity contribution in [3.05, 3.63) is 29.8 Å². The number of aliphatic hydroxyl groups excluding tert-OH is 9. The maximum Gasteiger partial charge on any atom is 0.338 e. The van der Waals surface area contributed by atoms with Crippen molar-refractivity contribution in [2.75, 3.05) is 13.2 Å². The highest BCUT2D eigenvalue weighted by Crippen LogP contribution is 2.27. The molecule has 0 amide bonds. The van der Waals surface area contributed by atoms with Crippen LogP contribution in [0.3, 0.4) is 0 Å². The lowest BCUT2D eigenvalue weighted by Crippen LogP contribution is -2.61. The van der Waals surface area contributed by atoms with Crippen LogP contribution in [0.15, 0.2) is 24.3 Å². The predicted octanol–water partition coefficient (Wildman–Crippen LogP) is -5.46. The largest absolute Gasteiger partial charge is 0.479 e. The third-order valence-electron chi connectivity index (χ3n) is 6.31. The van der Waals surface area contributed by atoms with Crippen molar-refractivity contribution in [2.24, 2.45) is 0 Å². The number of aliphatic hydroxyl groups is 9. The number of carboxylic acid groups (broad SMARTS) is 1. The van der Waals surface area contributed by atoms with E-state index in [2.05, 4.69) is 0 Å². The number of rotatable bonds is 11. The number of esters is 1. The summed E-state index contributed by atoms with van der Waals surface area (Å²) in [6.45, 7) is -1.67. The standard InChI is InChI=1S/C23H32O17/c24-5-10-12(26)14(28)18(32)22(38-10)37-9-3-1-8(2-4-9)7-36-23-19(15(29)13(27)11(6-25)39-23)40-21(35)17(31)16(30)20(33)34/h1-4,10-19,22-32H,5-7H2,(H,33,34)/t10-,11-,12-,13-,14+,15+,16?,17?,18-,19-,22-,23-/m1/s1. The van der Waals surface area contributed by atoms with Crippen LogP contribution in [0.2, 0.25) is 0 Å². The van der Waals surface area contributed by atoms with Crippen molar-refractivity contribution >= 4 is 11.9 Å². The second kappa shape index (κ2) is 13.9. The molecule has 10 N–H and O–H groups in total. The minimum atomic E-state index is -2.53. The molecule has 3 rings (SSSR count). The Morgan fingerprint density at radius 2 is 1.32 bits per heavy atom. The molecule has 0 radical (unpaired) electrons. The van der Waals surface area contributed by atoms with Crippen LogP contribution in [0.25, 0.3) is 0 Å². The molecule has 0 aliphatic carbocycles. The summed E-state index contributed by atoms with van der Waals surface area (Å²) in [5.74, 6) is -3.42. The predicted molar refractivity (Wildman–Crippen MR) is 123 cm³/mol. The van der Waals surface area contributed by atoms with Crippen molar-refractivity contribution < 1.29 is 84.3 Å². The minimum absolute atomic E-state index is 0.152. The van der Waals surface area contributed by atoms with Crippen LogP contribution in [0.1, 0.15) is 5.56 Å². The topological polar surface area (TPSA) is 283 Å². The summed E-state index contributed by atoms with van der Waals surface area (Å²) in [5, 5.41) is 96.9. The summed E-state index contributed by atoms with van der Waals surface area (Å²) in [6, 6.07) is 5.78. The number of carbonyl (C=O) groups excluding carboxylic acids is 1. The van der Waals surface area contributed by atoms with E-state index in [0.29, 0.717) is 5.56 Å². The first kappa shape index (κ1) is 32.0. The summed E-state index contributed by atoms with van der Waals surface area (Å²) in [4.78, 5) is 23.0. The lowest BCUT2D eigenvalue weighted by Gasteiger charge is -2.41. The number of benzene rings is 1. The molecule has 12 atom stereocenters. The summed E-state index contributed by atoms with van der Waals surface area (Å²) >= 11 is 0. The van der Waals surface area contributed by atoms with Gasteiger partial charge in [0.25, 0.3) is 0 Å². The molecule has 40 heavy (non-hydrogen) atoms.